The average Bonchev–Trinajstić information content (AvgIpc) is 3.32. The van der Waals surface area contributed by atoms with Crippen LogP contribution < -0.4 is 5.32 Å². The lowest BCUT2D eigenvalue weighted by molar-refractivity contribution is 0.0950. The van der Waals surface area contributed by atoms with E-state index in [9.17, 15) is 4.79 Å². The van der Waals surface area contributed by atoms with Gasteiger partial charge >= 0.3 is 0 Å². The van der Waals surface area contributed by atoms with Crippen LogP contribution in [0.1, 0.15) is 21.7 Å². The van der Waals surface area contributed by atoms with Crippen molar-refractivity contribution < 1.29 is 4.79 Å². The second-order valence-corrected chi connectivity index (χ2v) is 6.62. The van der Waals surface area contributed by atoms with Gasteiger partial charge in [-0.25, -0.2) is 4.68 Å². The molecule has 4 rings (SSSR count). The van der Waals surface area contributed by atoms with Gasteiger partial charge < -0.3 is 9.88 Å². The fourth-order valence-electron chi connectivity index (χ4n) is 3.08. The maximum Gasteiger partial charge on any atom is 0.255 e. The summed E-state index contributed by atoms with van der Waals surface area (Å²) in [6.45, 7) is 2.49. The molecule has 1 amide bonds. The summed E-state index contributed by atoms with van der Waals surface area (Å²) < 4.78 is 3.79. The molecule has 6 heteroatoms. The van der Waals surface area contributed by atoms with Crippen LogP contribution >= 0.6 is 0 Å². The number of amides is 1. The van der Waals surface area contributed by atoms with Crippen molar-refractivity contribution in [1.29, 1.82) is 0 Å². The molecule has 0 radical (unpaired) electrons. The number of pyridine rings is 1. The van der Waals surface area contributed by atoms with Gasteiger partial charge in [-0.05, 0) is 43.3 Å². The zero-order valence-electron chi connectivity index (χ0n) is 15.8. The Labute approximate surface area is 163 Å². The van der Waals surface area contributed by atoms with Gasteiger partial charge in [0.05, 0.1) is 17.8 Å². The normalized spacial score (nSPS) is 10.8. The molecule has 0 unspecified atom stereocenters. The average molecular weight is 371 g/mol. The zero-order chi connectivity index (χ0) is 19.5. The second-order valence-electron chi connectivity index (χ2n) is 6.62. The molecule has 1 N–H and O–H groups in total. The summed E-state index contributed by atoms with van der Waals surface area (Å²) in [5.74, 6) is -0.167. The van der Waals surface area contributed by atoms with Crippen molar-refractivity contribution in [3.8, 4) is 16.9 Å². The number of nitrogens with one attached hydrogen (secondary N) is 1. The van der Waals surface area contributed by atoms with Gasteiger partial charge in [0.25, 0.3) is 5.91 Å². The number of nitrogens with zero attached hydrogens (tertiary/aromatic N) is 4. The number of carbonyl (C=O) groups is 1. The molecule has 3 heterocycles. The molecular formula is C22H21N5O. The molecule has 4 aromatic rings. The van der Waals surface area contributed by atoms with Gasteiger partial charge in [-0.3, -0.25) is 9.78 Å². The van der Waals surface area contributed by atoms with Crippen LogP contribution in [0.4, 0.5) is 0 Å². The number of carbonyl (C=O) groups excluding carboxylic acids is 1. The summed E-state index contributed by atoms with van der Waals surface area (Å²) in [6.07, 6.45) is 5.19. The third-order valence-electron chi connectivity index (χ3n) is 4.82. The van der Waals surface area contributed by atoms with Crippen LogP contribution in [-0.2, 0) is 13.6 Å². The van der Waals surface area contributed by atoms with Crippen molar-refractivity contribution >= 4 is 5.91 Å². The zero-order valence-corrected chi connectivity index (χ0v) is 15.8. The van der Waals surface area contributed by atoms with Crippen molar-refractivity contribution in [2.24, 2.45) is 7.05 Å². The summed E-state index contributed by atoms with van der Waals surface area (Å²) in [5, 5.41) is 7.67. The Morgan fingerprint density at radius 2 is 1.89 bits per heavy atom. The predicted molar refractivity (Wildman–Crippen MR) is 108 cm³/mol. The van der Waals surface area contributed by atoms with Crippen molar-refractivity contribution in [3.63, 3.8) is 0 Å². The van der Waals surface area contributed by atoms with E-state index in [-0.39, 0.29) is 5.91 Å². The van der Waals surface area contributed by atoms with E-state index in [1.807, 2.05) is 68.6 Å². The number of aromatic nitrogens is 4. The summed E-state index contributed by atoms with van der Waals surface area (Å²) >= 11 is 0. The van der Waals surface area contributed by atoms with Crippen molar-refractivity contribution in [1.82, 2.24) is 24.6 Å². The first-order chi connectivity index (χ1) is 13.6. The molecule has 0 fully saturated rings. The van der Waals surface area contributed by atoms with Crippen molar-refractivity contribution in [3.05, 3.63) is 90.1 Å². The predicted octanol–water partition coefficient (Wildman–Crippen LogP) is 3.51. The lowest BCUT2D eigenvalue weighted by atomic mass is 10.1. The van der Waals surface area contributed by atoms with Crippen LogP contribution in [0.3, 0.4) is 0 Å². The molecule has 0 atom stereocenters. The van der Waals surface area contributed by atoms with Crippen LogP contribution in [0.5, 0.6) is 0 Å². The van der Waals surface area contributed by atoms with Gasteiger partial charge in [-0.1, -0.05) is 18.2 Å². The molecule has 0 spiro atoms. The molecule has 6 nitrogen and oxygen atoms in total. The monoisotopic (exact) mass is 371 g/mol. The Morgan fingerprint density at radius 3 is 2.57 bits per heavy atom. The number of rotatable bonds is 5. The summed E-state index contributed by atoms with van der Waals surface area (Å²) in [4.78, 5) is 17.1. The fraction of sp³-hybridized carbons (Fsp3) is 0.136. The Hall–Kier alpha value is -3.67. The quantitative estimate of drug-likeness (QED) is 0.584. The molecule has 28 heavy (non-hydrogen) atoms. The van der Waals surface area contributed by atoms with Crippen molar-refractivity contribution in [2.45, 2.75) is 13.5 Å². The number of hydrogen-bond donors (Lipinski definition) is 1. The Bertz CT molecular complexity index is 1100. The van der Waals surface area contributed by atoms with Gasteiger partial charge in [0.1, 0.15) is 5.69 Å². The number of hydrogen-bond acceptors (Lipinski definition) is 3. The van der Waals surface area contributed by atoms with Crippen LogP contribution in [0.2, 0.25) is 0 Å². The molecule has 140 valence electrons. The van der Waals surface area contributed by atoms with Gasteiger partial charge in [-0.2, -0.15) is 5.10 Å². The third-order valence-corrected chi connectivity index (χ3v) is 4.82. The van der Waals surface area contributed by atoms with Gasteiger partial charge in [-0.15, -0.1) is 0 Å². The van der Waals surface area contributed by atoms with E-state index in [2.05, 4.69) is 20.0 Å². The molecule has 3 aromatic heterocycles. The Morgan fingerprint density at radius 1 is 1.07 bits per heavy atom. The minimum atomic E-state index is -0.167. The third kappa shape index (κ3) is 3.44. The smallest absolute Gasteiger partial charge is 0.255 e. The largest absolute Gasteiger partial charge is 0.350 e. The van der Waals surface area contributed by atoms with Crippen LogP contribution in [-0.4, -0.2) is 25.2 Å². The number of aryl methyl sites for hydroxylation is 1. The van der Waals surface area contributed by atoms with Gasteiger partial charge in [0, 0.05) is 42.6 Å². The van der Waals surface area contributed by atoms with Gasteiger partial charge in [0.15, 0.2) is 0 Å². The highest BCUT2D eigenvalue weighted by Crippen LogP contribution is 2.23. The first kappa shape index (κ1) is 17.7. The molecular weight excluding hydrogens is 350 g/mol. The molecule has 1 aromatic carbocycles. The van der Waals surface area contributed by atoms with E-state index in [1.165, 1.54) is 0 Å². The van der Waals surface area contributed by atoms with E-state index in [4.69, 9.17) is 0 Å². The molecule has 0 aliphatic carbocycles. The summed E-state index contributed by atoms with van der Waals surface area (Å²) in [6, 6.07) is 17.5. The first-order valence-electron chi connectivity index (χ1n) is 9.08. The van der Waals surface area contributed by atoms with Crippen LogP contribution in [0.15, 0.2) is 73.2 Å². The molecule has 0 saturated carbocycles. The highest BCUT2D eigenvalue weighted by atomic mass is 16.1. The topological polar surface area (TPSA) is 64.7 Å². The fourth-order valence-corrected chi connectivity index (χ4v) is 3.08. The van der Waals surface area contributed by atoms with E-state index in [0.717, 1.165) is 22.6 Å². The maximum atomic E-state index is 13.0. The van der Waals surface area contributed by atoms with Crippen LogP contribution in [0, 0.1) is 6.92 Å². The Kier molecular flexibility index (Phi) is 4.76. The highest BCUT2D eigenvalue weighted by molar-refractivity contribution is 5.99. The lowest BCUT2D eigenvalue weighted by Gasteiger charge is -2.07. The Balaban J connectivity index is 1.67. The van der Waals surface area contributed by atoms with E-state index < -0.39 is 0 Å². The molecule has 0 aliphatic rings. The molecule has 0 aliphatic heterocycles. The van der Waals surface area contributed by atoms with E-state index >= 15 is 0 Å². The SMILES string of the molecule is Cc1ccc(CNC(=O)c2cn(-c3ccccc3)nc2-c2cccnc2)n1C. The van der Waals surface area contributed by atoms with E-state index in [0.29, 0.717) is 17.8 Å². The number of benzene rings is 1. The number of para-hydroxylation sites is 1. The van der Waals surface area contributed by atoms with Crippen molar-refractivity contribution in [2.75, 3.05) is 0 Å². The first-order valence-corrected chi connectivity index (χ1v) is 9.08. The van der Waals surface area contributed by atoms with E-state index in [1.54, 1.807) is 23.3 Å². The summed E-state index contributed by atoms with van der Waals surface area (Å²) in [5.41, 5.74) is 5.02. The molecule has 0 bridgehead atoms. The van der Waals surface area contributed by atoms with Crippen LogP contribution in [0.25, 0.3) is 16.9 Å². The highest BCUT2D eigenvalue weighted by Gasteiger charge is 2.19. The minimum absolute atomic E-state index is 0.167. The maximum absolute atomic E-state index is 13.0. The molecule has 0 saturated heterocycles. The second kappa shape index (κ2) is 7.52. The van der Waals surface area contributed by atoms with Gasteiger partial charge in [0.2, 0.25) is 0 Å². The summed E-state index contributed by atoms with van der Waals surface area (Å²) in [7, 11) is 1.99. The standard InChI is InChI=1S/C22H21N5O/c1-16-10-11-19(26(16)2)14-24-22(28)20-15-27(18-8-4-3-5-9-18)25-21(20)17-7-6-12-23-13-17/h3-13,15H,14H2,1-2H3,(H,24,28). The lowest BCUT2D eigenvalue weighted by Crippen LogP contribution is -2.24. The minimum Gasteiger partial charge on any atom is -0.350 e.